The van der Waals surface area contributed by atoms with Crippen molar-refractivity contribution in [2.24, 2.45) is 23.3 Å². The summed E-state index contributed by atoms with van der Waals surface area (Å²) in [5.74, 6) is -5.96. The van der Waals surface area contributed by atoms with Crippen molar-refractivity contribution in [3.05, 3.63) is 65.5 Å². The van der Waals surface area contributed by atoms with Crippen molar-refractivity contribution in [1.29, 1.82) is 5.41 Å². The lowest BCUT2D eigenvalue weighted by atomic mass is 9.83. The Morgan fingerprint density at radius 2 is 1.51 bits per heavy atom. The Balaban J connectivity index is 0.000000984. The highest BCUT2D eigenvalue weighted by Gasteiger charge is 2.38. The SMILES string of the molecule is CN(C)C(=O)C(Cc1ccc(C(=N)N)cc1)C(=O)N[C@H](C(=O)NC(CC(N)=O)c1ccncc1)C1CCCCC1.O=C(O)C(F)(F)F. The molecule has 0 radical (unpaired) electrons. The Labute approximate surface area is 269 Å². The molecule has 0 saturated heterocycles. The van der Waals surface area contributed by atoms with Gasteiger partial charge in [-0.3, -0.25) is 29.6 Å². The molecule has 0 spiro atoms. The number of carbonyl (C=O) groups is 5. The lowest BCUT2D eigenvalue weighted by Gasteiger charge is -2.32. The van der Waals surface area contributed by atoms with Crippen molar-refractivity contribution >= 4 is 35.4 Å². The second kappa shape index (κ2) is 17.6. The minimum atomic E-state index is -5.08. The number of carboxylic acids is 1. The quantitative estimate of drug-likeness (QED) is 0.112. The highest BCUT2D eigenvalue weighted by Crippen LogP contribution is 2.28. The summed E-state index contributed by atoms with van der Waals surface area (Å²) in [5.41, 5.74) is 12.9. The number of halogens is 3. The monoisotopic (exact) mass is 663 g/mol. The third-order valence-corrected chi connectivity index (χ3v) is 7.53. The second-order valence-electron chi connectivity index (χ2n) is 11.3. The van der Waals surface area contributed by atoms with Gasteiger partial charge >= 0.3 is 12.1 Å². The number of hydrogen-bond donors (Lipinski definition) is 6. The predicted molar refractivity (Wildman–Crippen MR) is 164 cm³/mol. The molecule has 0 bridgehead atoms. The molecular weight excluding hydrogens is 623 g/mol. The van der Waals surface area contributed by atoms with Gasteiger partial charge in [-0.15, -0.1) is 0 Å². The minimum absolute atomic E-state index is 0.0760. The first-order valence-corrected chi connectivity index (χ1v) is 14.7. The third-order valence-electron chi connectivity index (χ3n) is 7.53. The first-order valence-electron chi connectivity index (χ1n) is 14.7. The smallest absolute Gasteiger partial charge is 0.475 e. The summed E-state index contributed by atoms with van der Waals surface area (Å²) in [6.07, 6.45) is 2.48. The molecule has 47 heavy (non-hydrogen) atoms. The summed E-state index contributed by atoms with van der Waals surface area (Å²) < 4.78 is 31.7. The van der Waals surface area contributed by atoms with Crippen LogP contribution in [-0.4, -0.2) is 76.7 Å². The maximum atomic E-state index is 13.7. The van der Waals surface area contributed by atoms with Crippen LogP contribution in [-0.2, 0) is 30.4 Å². The number of nitrogens with two attached hydrogens (primary N) is 2. The second-order valence-corrected chi connectivity index (χ2v) is 11.3. The van der Waals surface area contributed by atoms with E-state index in [2.05, 4.69) is 15.6 Å². The number of carboxylic acid groups (broad SMARTS) is 1. The van der Waals surface area contributed by atoms with Crippen molar-refractivity contribution in [3.63, 3.8) is 0 Å². The Morgan fingerprint density at radius 1 is 0.957 bits per heavy atom. The summed E-state index contributed by atoms with van der Waals surface area (Å²) in [7, 11) is 3.16. The van der Waals surface area contributed by atoms with Gasteiger partial charge in [0.05, 0.1) is 12.5 Å². The van der Waals surface area contributed by atoms with Gasteiger partial charge in [-0.1, -0.05) is 43.5 Å². The number of nitrogens with zero attached hydrogens (tertiary/aromatic N) is 2. The first kappa shape index (κ1) is 38.2. The lowest BCUT2D eigenvalue weighted by Crippen LogP contribution is -2.55. The van der Waals surface area contributed by atoms with Gasteiger partial charge in [-0.25, -0.2) is 4.79 Å². The lowest BCUT2D eigenvalue weighted by molar-refractivity contribution is -0.192. The number of benzene rings is 1. The van der Waals surface area contributed by atoms with Crippen molar-refractivity contribution < 1.29 is 42.3 Å². The summed E-state index contributed by atoms with van der Waals surface area (Å²) in [5, 5.41) is 20.5. The fourth-order valence-corrected chi connectivity index (χ4v) is 5.09. The predicted octanol–water partition coefficient (Wildman–Crippen LogP) is 2.04. The Hall–Kier alpha value is -5.02. The van der Waals surface area contributed by atoms with Crippen LogP contribution in [0.25, 0.3) is 0 Å². The Morgan fingerprint density at radius 3 is 1.98 bits per heavy atom. The van der Waals surface area contributed by atoms with Gasteiger partial charge in [0.15, 0.2) is 0 Å². The molecule has 16 heteroatoms. The van der Waals surface area contributed by atoms with E-state index in [1.54, 1.807) is 62.9 Å². The normalized spacial score (nSPS) is 15.1. The van der Waals surface area contributed by atoms with E-state index in [1.807, 2.05) is 0 Å². The molecular formula is C31H40F3N7O6. The molecule has 2 unspecified atom stereocenters. The number of aromatic nitrogens is 1. The summed E-state index contributed by atoms with van der Waals surface area (Å²) >= 11 is 0. The number of nitrogens with one attached hydrogen (secondary N) is 3. The zero-order valence-corrected chi connectivity index (χ0v) is 26.0. The molecule has 1 fully saturated rings. The van der Waals surface area contributed by atoms with Gasteiger partial charge in [-0.2, -0.15) is 13.2 Å². The van der Waals surface area contributed by atoms with Crippen molar-refractivity contribution in [2.75, 3.05) is 14.1 Å². The van der Waals surface area contributed by atoms with Crippen LogP contribution in [0.5, 0.6) is 0 Å². The van der Waals surface area contributed by atoms with Gasteiger partial charge < -0.3 is 32.1 Å². The highest BCUT2D eigenvalue weighted by molar-refractivity contribution is 6.02. The Kier molecular flexibility index (Phi) is 14.3. The number of rotatable bonds is 12. The molecule has 2 aromatic rings. The van der Waals surface area contributed by atoms with Crippen LogP contribution in [0.2, 0.25) is 0 Å². The van der Waals surface area contributed by atoms with E-state index < -0.39 is 47.9 Å². The average Bonchev–Trinajstić information content (AvgIpc) is 3.02. The third kappa shape index (κ3) is 12.4. The number of pyridine rings is 1. The number of amidine groups is 1. The van der Waals surface area contributed by atoms with Crippen molar-refractivity contribution in [1.82, 2.24) is 20.5 Å². The zero-order valence-electron chi connectivity index (χ0n) is 26.0. The number of hydrogen-bond acceptors (Lipinski definition) is 7. The topological polar surface area (TPSA) is 222 Å². The molecule has 13 nitrogen and oxygen atoms in total. The molecule has 8 N–H and O–H groups in total. The number of carbonyl (C=O) groups excluding carboxylic acids is 4. The van der Waals surface area contributed by atoms with E-state index in [0.717, 1.165) is 37.7 Å². The molecule has 3 atom stereocenters. The number of nitrogen functional groups attached to an aromatic ring is 1. The van der Waals surface area contributed by atoms with E-state index >= 15 is 0 Å². The summed E-state index contributed by atoms with van der Waals surface area (Å²) in [4.78, 5) is 66.6. The molecule has 1 saturated carbocycles. The van der Waals surface area contributed by atoms with E-state index in [1.165, 1.54) is 4.90 Å². The van der Waals surface area contributed by atoms with Gasteiger partial charge in [0.2, 0.25) is 23.6 Å². The standard InChI is InChI=1S/C29H39N7O4.C2HF3O2/c1-36(2)29(40)22(16-18-8-10-21(11-9-18)26(31)32)27(38)35-25(20-6-4-3-5-7-20)28(39)34-23(17-24(30)37)19-12-14-33-15-13-19;3-2(4,5)1(6)7/h8-15,20,22-23,25H,3-7,16-17H2,1-2H3,(H2,30,37)(H3,31,32)(H,34,39)(H,35,38);(H,6,7)/t22?,23?,25-;/m0./s1. The van der Waals surface area contributed by atoms with Gasteiger partial charge in [-0.05, 0) is 48.4 Å². The number of amides is 4. The van der Waals surface area contributed by atoms with Crippen LogP contribution in [0.3, 0.4) is 0 Å². The average molecular weight is 664 g/mol. The van der Waals surface area contributed by atoms with Gasteiger partial charge in [0, 0.05) is 32.1 Å². The van der Waals surface area contributed by atoms with E-state index in [4.69, 9.17) is 26.8 Å². The van der Waals surface area contributed by atoms with Crippen LogP contribution in [0.4, 0.5) is 13.2 Å². The van der Waals surface area contributed by atoms with Crippen LogP contribution in [0, 0.1) is 17.2 Å². The fourth-order valence-electron chi connectivity index (χ4n) is 5.09. The van der Waals surface area contributed by atoms with Crippen LogP contribution in [0.15, 0.2) is 48.8 Å². The van der Waals surface area contributed by atoms with E-state index in [0.29, 0.717) is 11.1 Å². The Bertz CT molecular complexity index is 1400. The number of alkyl halides is 3. The fraction of sp³-hybridized carbons (Fsp3) is 0.452. The molecule has 4 amide bonds. The largest absolute Gasteiger partial charge is 0.490 e. The van der Waals surface area contributed by atoms with Crippen molar-refractivity contribution in [3.8, 4) is 0 Å². The molecule has 1 aromatic heterocycles. The summed E-state index contributed by atoms with van der Waals surface area (Å²) in [6, 6.07) is 8.63. The molecule has 1 aliphatic rings. The van der Waals surface area contributed by atoms with E-state index in [9.17, 15) is 32.3 Å². The maximum absolute atomic E-state index is 13.7. The molecule has 1 heterocycles. The van der Waals surface area contributed by atoms with Gasteiger partial charge in [0.25, 0.3) is 0 Å². The molecule has 256 valence electrons. The van der Waals surface area contributed by atoms with Crippen LogP contribution in [0.1, 0.15) is 61.3 Å². The number of primary amides is 1. The zero-order chi connectivity index (χ0) is 35.3. The highest BCUT2D eigenvalue weighted by atomic mass is 19.4. The van der Waals surface area contributed by atoms with Crippen LogP contribution >= 0.6 is 0 Å². The van der Waals surface area contributed by atoms with Crippen molar-refractivity contribution in [2.45, 2.75) is 63.2 Å². The number of aliphatic carboxylic acids is 1. The molecule has 1 aromatic carbocycles. The first-order chi connectivity index (χ1) is 22.0. The molecule has 1 aliphatic carbocycles. The molecule has 0 aliphatic heterocycles. The maximum Gasteiger partial charge on any atom is 0.490 e. The van der Waals surface area contributed by atoms with Gasteiger partial charge in [0.1, 0.15) is 17.8 Å². The van der Waals surface area contributed by atoms with E-state index in [-0.39, 0.29) is 30.5 Å². The minimum Gasteiger partial charge on any atom is -0.475 e. The van der Waals surface area contributed by atoms with Crippen LogP contribution < -0.4 is 22.1 Å². The summed E-state index contributed by atoms with van der Waals surface area (Å²) in [6.45, 7) is 0. The molecule has 3 rings (SSSR count).